The average Bonchev–Trinajstić information content (AvgIpc) is 2.66. The van der Waals surface area contributed by atoms with E-state index < -0.39 is 10.7 Å². The van der Waals surface area contributed by atoms with Crippen molar-refractivity contribution >= 4 is 32.5 Å². The second-order valence-electron chi connectivity index (χ2n) is 8.08. The predicted molar refractivity (Wildman–Crippen MR) is 110 cm³/mol. The van der Waals surface area contributed by atoms with Crippen LogP contribution in [0, 0.1) is 5.41 Å². The fourth-order valence-corrected chi connectivity index (χ4v) is 2.89. The van der Waals surface area contributed by atoms with Gasteiger partial charge in [-0.05, 0) is 12.8 Å². The average molecular weight is 382 g/mol. The van der Waals surface area contributed by atoms with Gasteiger partial charge in [0.2, 0.25) is 0 Å². The summed E-state index contributed by atoms with van der Waals surface area (Å²) < 4.78 is 15.2. The van der Waals surface area contributed by atoms with Crippen molar-refractivity contribution in [1.82, 2.24) is 0 Å². The second kappa shape index (κ2) is 12.1. The maximum absolute atomic E-state index is 12.6. The molecule has 154 valence electrons. The standard InChI is InChI=1S/C19H36B2O6/c1-8-10-11-27-15(22)14(20-13-18(3,4)16(23)25-6)12-21-19(5,9-2)17(24)26-7/h14,20-21H,8-13H2,1-7H3. The van der Waals surface area contributed by atoms with Gasteiger partial charge in [-0.2, -0.15) is 0 Å². The van der Waals surface area contributed by atoms with Crippen molar-refractivity contribution in [3.8, 4) is 0 Å². The molecule has 0 aliphatic carbocycles. The van der Waals surface area contributed by atoms with Crippen molar-refractivity contribution in [2.24, 2.45) is 5.41 Å². The SMILES string of the molecule is CCCCOC(=O)C(BCC(C)(C)C(=O)OC)CBC(C)(CC)C(=O)OC. The lowest BCUT2D eigenvalue weighted by molar-refractivity contribution is -0.150. The van der Waals surface area contributed by atoms with E-state index in [0.29, 0.717) is 40.2 Å². The molecule has 0 aromatic carbocycles. The molecule has 0 bridgehead atoms. The van der Waals surface area contributed by atoms with Crippen LogP contribution in [0.2, 0.25) is 23.8 Å². The van der Waals surface area contributed by atoms with Crippen LogP contribution in [-0.4, -0.2) is 53.3 Å². The van der Waals surface area contributed by atoms with Crippen molar-refractivity contribution in [2.75, 3.05) is 20.8 Å². The fraction of sp³-hybridized carbons (Fsp3) is 0.842. The molecule has 0 saturated heterocycles. The van der Waals surface area contributed by atoms with E-state index in [2.05, 4.69) is 0 Å². The van der Waals surface area contributed by atoms with Gasteiger partial charge in [0.15, 0.2) is 0 Å². The first kappa shape index (κ1) is 25.5. The number of carbonyl (C=O) groups excluding carboxylic acids is 3. The number of hydrogen-bond donors (Lipinski definition) is 0. The Bertz CT molecular complexity index is 495. The van der Waals surface area contributed by atoms with Gasteiger partial charge in [-0.15, -0.1) is 0 Å². The van der Waals surface area contributed by atoms with Gasteiger partial charge in [-0.25, -0.2) is 0 Å². The predicted octanol–water partition coefficient (Wildman–Crippen LogP) is 2.79. The van der Waals surface area contributed by atoms with Gasteiger partial charge >= 0.3 is 11.9 Å². The van der Waals surface area contributed by atoms with E-state index in [1.807, 2.05) is 34.6 Å². The number of esters is 3. The first-order valence-electron chi connectivity index (χ1n) is 9.91. The highest BCUT2D eigenvalue weighted by Gasteiger charge is 2.37. The van der Waals surface area contributed by atoms with E-state index in [0.717, 1.165) is 12.8 Å². The number of unbranched alkanes of at least 4 members (excludes halogenated alkanes) is 1. The van der Waals surface area contributed by atoms with Gasteiger partial charge in [0.25, 0.3) is 5.97 Å². The van der Waals surface area contributed by atoms with Crippen LogP contribution in [0.1, 0.15) is 53.9 Å². The van der Waals surface area contributed by atoms with E-state index in [1.165, 1.54) is 14.2 Å². The molecule has 0 aliphatic heterocycles. The Morgan fingerprint density at radius 2 is 1.59 bits per heavy atom. The highest BCUT2D eigenvalue weighted by atomic mass is 16.5. The maximum Gasteiger partial charge on any atom is 0.310 e. The highest BCUT2D eigenvalue weighted by molar-refractivity contribution is 6.52. The smallest absolute Gasteiger partial charge is 0.310 e. The minimum Gasteiger partial charge on any atom is -0.469 e. The van der Waals surface area contributed by atoms with Gasteiger partial charge < -0.3 is 14.2 Å². The first-order chi connectivity index (χ1) is 12.6. The Hall–Kier alpha value is -1.46. The molecule has 0 fully saturated rings. The lowest BCUT2D eigenvalue weighted by Crippen LogP contribution is -2.33. The quantitative estimate of drug-likeness (QED) is 0.211. The molecule has 8 heteroatoms. The Morgan fingerprint density at radius 1 is 1.00 bits per heavy atom. The highest BCUT2D eigenvalue weighted by Crippen LogP contribution is 2.34. The summed E-state index contributed by atoms with van der Waals surface area (Å²) in [5.74, 6) is -1.18. The number of methoxy groups -OCH3 is 2. The number of ether oxygens (including phenoxy) is 3. The van der Waals surface area contributed by atoms with Crippen molar-refractivity contribution in [1.29, 1.82) is 0 Å². The van der Waals surface area contributed by atoms with Crippen LogP contribution in [0.3, 0.4) is 0 Å². The summed E-state index contributed by atoms with van der Waals surface area (Å²) in [6.45, 7) is 9.84. The first-order valence-corrected chi connectivity index (χ1v) is 9.91. The largest absolute Gasteiger partial charge is 0.469 e. The molecule has 0 aliphatic rings. The third-order valence-corrected chi connectivity index (χ3v) is 5.43. The topological polar surface area (TPSA) is 78.9 Å². The van der Waals surface area contributed by atoms with Gasteiger partial charge in [0, 0.05) is 11.1 Å². The van der Waals surface area contributed by atoms with Crippen LogP contribution in [0.25, 0.3) is 0 Å². The zero-order valence-corrected chi connectivity index (χ0v) is 18.2. The molecule has 0 amide bonds. The summed E-state index contributed by atoms with van der Waals surface area (Å²) >= 11 is 0. The monoisotopic (exact) mass is 382 g/mol. The second-order valence-corrected chi connectivity index (χ2v) is 8.08. The van der Waals surface area contributed by atoms with Crippen LogP contribution in [0.5, 0.6) is 0 Å². The zero-order chi connectivity index (χ0) is 21.1. The van der Waals surface area contributed by atoms with Crippen LogP contribution < -0.4 is 0 Å². The molecule has 0 radical (unpaired) electrons. The molecule has 0 heterocycles. The third-order valence-electron chi connectivity index (χ3n) is 5.43. The van der Waals surface area contributed by atoms with Crippen LogP contribution >= 0.6 is 0 Å². The number of hydrogen-bond acceptors (Lipinski definition) is 6. The maximum atomic E-state index is 12.6. The van der Waals surface area contributed by atoms with E-state index >= 15 is 0 Å². The Balaban J connectivity index is 5.10. The van der Waals surface area contributed by atoms with Crippen LogP contribution in [-0.2, 0) is 28.6 Å². The van der Waals surface area contributed by atoms with E-state index in [1.54, 1.807) is 0 Å². The van der Waals surface area contributed by atoms with Gasteiger partial charge in [0.05, 0.1) is 26.2 Å². The Kier molecular flexibility index (Phi) is 11.4. The molecule has 0 aromatic heterocycles. The molecular formula is C19H36B2O6. The Morgan fingerprint density at radius 3 is 2.07 bits per heavy atom. The summed E-state index contributed by atoms with van der Waals surface area (Å²) in [4.78, 5) is 36.6. The Labute approximate surface area is 165 Å². The molecule has 2 atom stereocenters. The van der Waals surface area contributed by atoms with Gasteiger partial charge in [-0.1, -0.05) is 53.7 Å². The summed E-state index contributed by atoms with van der Waals surface area (Å²) in [6, 6.07) is 0. The molecule has 0 rings (SSSR count). The van der Waals surface area contributed by atoms with E-state index in [9.17, 15) is 14.4 Å². The third kappa shape index (κ3) is 8.39. The number of carbonyl (C=O) groups is 3. The molecule has 2 unspecified atom stereocenters. The van der Waals surface area contributed by atoms with Crippen molar-refractivity contribution < 1.29 is 28.6 Å². The van der Waals surface area contributed by atoms with Gasteiger partial charge in [-0.3, -0.25) is 14.4 Å². The van der Waals surface area contributed by atoms with Crippen molar-refractivity contribution in [3.63, 3.8) is 0 Å². The van der Waals surface area contributed by atoms with Crippen molar-refractivity contribution in [2.45, 2.75) is 77.7 Å². The van der Waals surface area contributed by atoms with Crippen LogP contribution in [0.15, 0.2) is 0 Å². The summed E-state index contributed by atoms with van der Waals surface area (Å²) in [5.41, 5.74) is -0.674. The van der Waals surface area contributed by atoms with Crippen molar-refractivity contribution in [3.05, 3.63) is 0 Å². The summed E-state index contributed by atoms with van der Waals surface area (Å²) in [6.07, 6.45) is 3.42. The van der Waals surface area contributed by atoms with E-state index in [4.69, 9.17) is 14.2 Å². The fourth-order valence-electron chi connectivity index (χ4n) is 2.89. The molecule has 0 N–H and O–H groups in total. The minimum absolute atomic E-state index is 0.257. The molecule has 0 aromatic rings. The lowest BCUT2D eigenvalue weighted by atomic mass is 9.42. The molecule has 0 spiro atoms. The number of rotatable bonds is 13. The minimum atomic E-state index is -0.674. The molecular weight excluding hydrogens is 346 g/mol. The normalized spacial score (nSPS) is 14.5. The summed E-state index contributed by atoms with van der Waals surface area (Å²) in [7, 11) is 3.78. The lowest BCUT2D eigenvalue weighted by Gasteiger charge is -2.27. The van der Waals surface area contributed by atoms with Gasteiger partial charge in [0.1, 0.15) is 14.6 Å². The van der Waals surface area contributed by atoms with Crippen LogP contribution in [0.4, 0.5) is 0 Å². The molecule has 0 saturated carbocycles. The summed E-state index contributed by atoms with van der Waals surface area (Å²) in [5, 5.41) is -0.630. The molecule has 6 nitrogen and oxygen atoms in total. The molecule has 27 heavy (non-hydrogen) atoms. The van der Waals surface area contributed by atoms with E-state index in [-0.39, 0.29) is 23.7 Å². The zero-order valence-electron chi connectivity index (χ0n) is 18.2.